The molecule has 0 radical (unpaired) electrons. The van der Waals surface area contributed by atoms with Crippen LogP contribution in [-0.2, 0) is 21.2 Å². The van der Waals surface area contributed by atoms with Gasteiger partial charge in [0.2, 0.25) is 15.9 Å². The number of nitrogens with one attached hydrogen (secondary N) is 2. The van der Waals surface area contributed by atoms with Gasteiger partial charge in [0.1, 0.15) is 0 Å². The van der Waals surface area contributed by atoms with Gasteiger partial charge < -0.3 is 10.2 Å². The van der Waals surface area contributed by atoms with Crippen LogP contribution in [-0.4, -0.2) is 40.5 Å². The molecule has 0 unspecified atom stereocenters. The maximum atomic E-state index is 12.3. The highest BCUT2D eigenvalue weighted by molar-refractivity contribution is 7.89. The Morgan fingerprint density at radius 1 is 1.40 bits per heavy atom. The maximum Gasteiger partial charge on any atom is 0.240 e. The third-order valence-electron chi connectivity index (χ3n) is 3.82. The monoisotopic (exact) mass is 295 g/mol. The summed E-state index contributed by atoms with van der Waals surface area (Å²) in [7, 11) is -1.82. The number of rotatable bonds is 3. The Morgan fingerprint density at radius 3 is 2.90 bits per heavy atom. The van der Waals surface area contributed by atoms with Crippen LogP contribution in [0.5, 0.6) is 0 Å². The normalized spacial score (nSPS) is 22.4. The van der Waals surface area contributed by atoms with Gasteiger partial charge in [-0.2, -0.15) is 0 Å². The van der Waals surface area contributed by atoms with Crippen molar-refractivity contribution in [2.24, 2.45) is 0 Å². The molecular formula is C13H17N3O3S. The summed E-state index contributed by atoms with van der Waals surface area (Å²) in [4.78, 5) is 13.4. The van der Waals surface area contributed by atoms with Crippen molar-refractivity contribution < 1.29 is 13.2 Å². The van der Waals surface area contributed by atoms with Crippen molar-refractivity contribution in [1.82, 2.24) is 10.0 Å². The summed E-state index contributed by atoms with van der Waals surface area (Å²) in [6, 6.07) is 4.79. The summed E-state index contributed by atoms with van der Waals surface area (Å²) in [5.41, 5.74) is 1.56. The number of likely N-dealkylation sites (N-methyl/N-ethyl adjacent to an activating group) is 1. The van der Waals surface area contributed by atoms with E-state index in [2.05, 4.69) is 10.0 Å². The fraction of sp³-hybridized carbons (Fsp3) is 0.462. The van der Waals surface area contributed by atoms with Gasteiger partial charge in [-0.1, -0.05) is 0 Å². The number of sulfonamides is 1. The van der Waals surface area contributed by atoms with E-state index in [0.29, 0.717) is 6.54 Å². The number of hydrogen-bond acceptors (Lipinski definition) is 4. The van der Waals surface area contributed by atoms with Gasteiger partial charge in [-0.25, -0.2) is 13.1 Å². The molecule has 0 bridgehead atoms. The van der Waals surface area contributed by atoms with Crippen LogP contribution in [0, 0.1) is 0 Å². The van der Waals surface area contributed by atoms with Crippen LogP contribution >= 0.6 is 0 Å². The van der Waals surface area contributed by atoms with Crippen molar-refractivity contribution in [3.8, 4) is 0 Å². The summed E-state index contributed by atoms with van der Waals surface area (Å²) in [5, 5.41) is 3.12. The van der Waals surface area contributed by atoms with Crippen LogP contribution < -0.4 is 14.9 Å². The van der Waals surface area contributed by atoms with Crippen LogP contribution in [0.4, 0.5) is 5.69 Å². The van der Waals surface area contributed by atoms with Crippen molar-refractivity contribution >= 4 is 21.6 Å². The Kier molecular flexibility index (Phi) is 3.27. The second-order valence-electron chi connectivity index (χ2n) is 5.23. The number of benzene rings is 1. The molecule has 1 aromatic rings. The van der Waals surface area contributed by atoms with Gasteiger partial charge in [0.05, 0.1) is 11.3 Å². The van der Waals surface area contributed by atoms with Crippen molar-refractivity contribution in [3.63, 3.8) is 0 Å². The molecule has 6 nitrogen and oxygen atoms in total. The highest BCUT2D eigenvalue weighted by Crippen LogP contribution is 2.29. The molecule has 1 saturated heterocycles. The van der Waals surface area contributed by atoms with Crippen molar-refractivity contribution in [2.75, 3.05) is 25.0 Å². The molecular weight excluding hydrogens is 278 g/mol. The number of carbonyl (C=O) groups excluding carboxylic acids is 1. The van der Waals surface area contributed by atoms with E-state index < -0.39 is 10.0 Å². The van der Waals surface area contributed by atoms with E-state index in [1.807, 2.05) is 0 Å². The lowest BCUT2D eigenvalue weighted by Gasteiger charge is -2.14. The van der Waals surface area contributed by atoms with Crippen LogP contribution in [0.25, 0.3) is 0 Å². The molecule has 0 spiro atoms. The minimum absolute atomic E-state index is 0.0116. The SMILES string of the molecule is CN1C(=O)Cc2cc(S(=O)(=O)N[C@@H]3CCNC3)ccc21. The minimum Gasteiger partial charge on any atom is -0.315 e. The number of anilines is 1. The van der Waals surface area contributed by atoms with Crippen LogP contribution in [0.1, 0.15) is 12.0 Å². The topological polar surface area (TPSA) is 78.5 Å². The van der Waals surface area contributed by atoms with Crippen molar-refractivity contribution in [3.05, 3.63) is 23.8 Å². The first kappa shape index (κ1) is 13.5. The van der Waals surface area contributed by atoms with E-state index in [9.17, 15) is 13.2 Å². The first-order chi connectivity index (χ1) is 9.47. The van der Waals surface area contributed by atoms with E-state index in [1.54, 1.807) is 30.1 Å². The lowest BCUT2D eigenvalue weighted by molar-refractivity contribution is -0.117. The number of nitrogens with zero attached hydrogens (tertiary/aromatic N) is 1. The zero-order valence-corrected chi connectivity index (χ0v) is 12.0. The summed E-state index contributed by atoms with van der Waals surface area (Å²) in [6.07, 6.45) is 1.06. The molecule has 2 aliphatic heterocycles. The lowest BCUT2D eigenvalue weighted by atomic mass is 10.2. The third kappa shape index (κ3) is 2.32. The number of carbonyl (C=O) groups is 1. The lowest BCUT2D eigenvalue weighted by Crippen LogP contribution is -2.36. The highest BCUT2D eigenvalue weighted by atomic mass is 32.2. The average molecular weight is 295 g/mol. The first-order valence-electron chi connectivity index (χ1n) is 6.60. The van der Waals surface area contributed by atoms with Gasteiger partial charge in [-0.3, -0.25) is 4.79 Å². The molecule has 1 fully saturated rings. The predicted molar refractivity (Wildman–Crippen MR) is 75.2 cm³/mol. The largest absolute Gasteiger partial charge is 0.315 e. The third-order valence-corrected chi connectivity index (χ3v) is 5.34. The number of amides is 1. The van der Waals surface area contributed by atoms with Gasteiger partial charge in [0, 0.05) is 25.3 Å². The zero-order chi connectivity index (χ0) is 14.3. The smallest absolute Gasteiger partial charge is 0.240 e. The molecule has 108 valence electrons. The average Bonchev–Trinajstić information content (AvgIpc) is 2.98. The Balaban J connectivity index is 1.87. The second kappa shape index (κ2) is 4.83. The van der Waals surface area contributed by atoms with Crippen molar-refractivity contribution in [2.45, 2.75) is 23.8 Å². The fourth-order valence-corrected chi connectivity index (χ4v) is 3.98. The number of hydrogen-bond donors (Lipinski definition) is 2. The van der Waals surface area contributed by atoms with Gasteiger partial charge in [0.25, 0.3) is 0 Å². The minimum atomic E-state index is -3.52. The Hall–Kier alpha value is -1.44. The van der Waals surface area contributed by atoms with Crippen LogP contribution in [0.2, 0.25) is 0 Å². The summed E-state index contributed by atoms with van der Waals surface area (Å²) < 4.78 is 27.3. The standard InChI is InChI=1S/C13H17N3O3S/c1-16-12-3-2-11(6-9(12)7-13(16)17)20(18,19)15-10-4-5-14-8-10/h2-3,6,10,14-15H,4-5,7-8H2,1H3/t10-/m1/s1. The molecule has 0 saturated carbocycles. The molecule has 20 heavy (non-hydrogen) atoms. The van der Waals surface area contributed by atoms with Gasteiger partial charge in [-0.05, 0) is 36.7 Å². The molecule has 1 aromatic carbocycles. The van der Waals surface area contributed by atoms with E-state index in [0.717, 1.165) is 24.2 Å². The van der Waals surface area contributed by atoms with E-state index >= 15 is 0 Å². The molecule has 2 N–H and O–H groups in total. The second-order valence-corrected chi connectivity index (χ2v) is 6.95. The summed E-state index contributed by atoms with van der Waals surface area (Å²) >= 11 is 0. The van der Waals surface area contributed by atoms with Gasteiger partial charge in [0.15, 0.2) is 0 Å². The van der Waals surface area contributed by atoms with Crippen LogP contribution in [0.15, 0.2) is 23.1 Å². The highest BCUT2D eigenvalue weighted by Gasteiger charge is 2.27. The molecule has 2 heterocycles. The molecule has 0 aliphatic carbocycles. The Morgan fingerprint density at radius 2 is 2.20 bits per heavy atom. The number of fused-ring (bicyclic) bond motifs is 1. The fourth-order valence-electron chi connectivity index (χ4n) is 2.66. The maximum absolute atomic E-state index is 12.3. The van der Waals surface area contributed by atoms with Crippen LogP contribution in [0.3, 0.4) is 0 Å². The Labute approximate surface area is 118 Å². The zero-order valence-electron chi connectivity index (χ0n) is 11.2. The van der Waals surface area contributed by atoms with Gasteiger partial charge in [-0.15, -0.1) is 0 Å². The summed E-state index contributed by atoms with van der Waals surface area (Å²) in [5.74, 6) is -0.0116. The molecule has 2 aliphatic rings. The molecule has 7 heteroatoms. The van der Waals surface area contributed by atoms with E-state index in [4.69, 9.17) is 0 Å². The quantitative estimate of drug-likeness (QED) is 0.812. The molecule has 1 atom stereocenters. The summed E-state index contributed by atoms with van der Waals surface area (Å²) in [6.45, 7) is 1.49. The predicted octanol–water partition coefficient (Wildman–Crippen LogP) is -0.154. The van der Waals surface area contributed by atoms with Crippen molar-refractivity contribution in [1.29, 1.82) is 0 Å². The first-order valence-corrected chi connectivity index (χ1v) is 8.08. The molecule has 3 rings (SSSR count). The molecule has 0 aromatic heterocycles. The van der Waals surface area contributed by atoms with E-state index in [-0.39, 0.29) is 23.3 Å². The Bertz CT molecular complexity index is 651. The van der Waals surface area contributed by atoms with Gasteiger partial charge >= 0.3 is 0 Å². The van der Waals surface area contributed by atoms with E-state index in [1.165, 1.54) is 0 Å². The molecule has 1 amide bonds.